The number of ether oxygens (including phenoxy) is 2. The van der Waals surface area contributed by atoms with Gasteiger partial charge in [0, 0.05) is 13.0 Å². The third kappa shape index (κ3) is 30.5. The monoisotopic (exact) mass is 606 g/mol. The minimum atomic E-state index is -4.24. The Morgan fingerprint density at radius 3 is 1.83 bits per heavy atom. The first-order valence-electron chi connectivity index (χ1n) is 16.4. The topological polar surface area (TPSA) is 91.3 Å². The number of phosphoric ester groups is 1. The highest BCUT2D eigenvalue weighted by Gasteiger charge is 2.26. The van der Waals surface area contributed by atoms with Gasteiger partial charge in [-0.1, -0.05) is 96.6 Å². The van der Waals surface area contributed by atoms with E-state index in [1.54, 1.807) is 0 Å². The fourth-order valence-electron chi connectivity index (χ4n) is 4.17. The summed E-state index contributed by atoms with van der Waals surface area (Å²) >= 11 is 0. The molecule has 1 N–H and O–H groups in total. The number of phosphoric acid groups is 1. The predicted molar refractivity (Wildman–Crippen MR) is 169 cm³/mol. The van der Waals surface area contributed by atoms with Crippen molar-refractivity contribution in [2.45, 2.75) is 136 Å². The van der Waals surface area contributed by atoms with Gasteiger partial charge in [0.1, 0.15) is 19.3 Å². The van der Waals surface area contributed by atoms with Gasteiger partial charge in [0.25, 0.3) is 0 Å². The highest BCUT2D eigenvalue weighted by atomic mass is 31.2. The standard InChI is InChI=1S/C32H64NO7P/c1-6-8-10-11-12-13-14-15-16-17-18-19-20-21-22-23-24-27-37-29-31(40-32(34)25-9-7-2)30-39-41(35,36)38-28-26-33(3,4)5/h16-17,31H,6-15,18-30H2,1-5H3/p+1/b17-16-. The van der Waals surface area contributed by atoms with E-state index in [0.717, 1.165) is 25.7 Å². The van der Waals surface area contributed by atoms with Crippen LogP contribution in [0.4, 0.5) is 0 Å². The quantitative estimate of drug-likeness (QED) is 0.0289. The number of esters is 1. The molecule has 2 unspecified atom stereocenters. The Bertz CT molecular complexity index is 681. The van der Waals surface area contributed by atoms with Crippen LogP contribution in [-0.2, 0) is 27.9 Å². The van der Waals surface area contributed by atoms with Crippen molar-refractivity contribution in [2.75, 3.05) is 54.1 Å². The summed E-state index contributed by atoms with van der Waals surface area (Å²) in [6.45, 7) is 5.35. The number of hydrogen-bond acceptors (Lipinski definition) is 6. The number of quaternary nitrogens is 1. The van der Waals surface area contributed by atoms with Crippen molar-refractivity contribution < 1.29 is 37.3 Å². The Morgan fingerprint density at radius 1 is 0.732 bits per heavy atom. The lowest BCUT2D eigenvalue weighted by Gasteiger charge is -2.24. The van der Waals surface area contributed by atoms with Gasteiger partial charge in [0.15, 0.2) is 0 Å². The first-order valence-corrected chi connectivity index (χ1v) is 17.9. The van der Waals surface area contributed by atoms with Crippen LogP contribution in [0.5, 0.6) is 0 Å². The molecule has 2 atom stereocenters. The van der Waals surface area contributed by atoms with E-state index in [1.807, 2.05) is 28.1 Å². The van der Waals surface area contributed by atoms with Gasteiger partial charge in [-0.15, -0.1) is 0 Å². The summed E-state index contributed by atoms with van der Waals surface area (Å²) in [7, 11) is 1.66. The van der Waals surface area contributed by atoms with E-state index in [0.29, 0.717) is 24.1 Å². The molecule has 0 aromatic rings. The van der Waals surface area contributed by atoms with Crippen molar-refractivity contribution in [1.82, 2.24) is 0 Å². The number of unbranched alkanes of at least 4 members (excludes halogenated alkanes) is 14. The van der Waals surface area contributed by atoms with Crippen LogP contribution in [0.1, 0.15) is 129 Å². The first kappa shape index (κ1) is 40.2. The molecule has 0 rings (SSSR count). The molecule has 0 radical (unpaired) electrons. The molecule has 244 valence electrons. The molecular formula is C32H65NO7P+. The fraction of sp³-hybridized carbons (Fsp3) is 0.906. The number of rotatable bonds is 30. The molecule has 0 aliphatic rings. The number of hydrogen-bond donors (Lipinski definition) is 1. The van der Waals surface area contributed by atoms with Crippen LogP contribution < -0.4 is 0 Å². The molecule has 0 aliphatic carbocycles. The van der Waals surface area contributed by atoms with Crippen LogP contribution in [0.25, 0.3) is 0 Å². The largest absolute Gasteiger partial charge is 0.472 e. The molecule has 0 amide bonds. The average Bonchev–Trinajstić information content (AvgIpc) is 2.90. The molecule has 9 heteroatoms. The van der Waals surface area contributed by atoms with Gasteiger partial charge < -0.3 is 18.9 Å². The highest BCUT2D eigenvalue weighted by molar-refractivity contribution is 7.47. The number of nitrogens with zero attached hydrogens (tertiary/aromatic N) is 1. The zero-order valence-electron chi connectivity index (χ0n) is 27.3. The molecule has 0 aromatic carbocycles. The summed E-state index contributed by atoms with van der Waals surface area (Å²) in [6.07, 6.45) is 24.8. The Hall–Kier alpha value is -0.760. The summed E-state index contributed by atoms with van der Waals surface area (Å²) in [4.78, 5) is 22.1. The van der Waals surface area contributed by atoms with Crippen LogP contribution >= 0.6 is 7.82 Å². The molecular weight excluding hydrogens is 541 g/mol. The molecule has 0 saturated heterocycles. The highest BCUT2D eigenvalue weighted by Crippen LogP contribution is 2.43. The minimum absolute atomic E-state index is 0.0880. The van der Waals surface area contributed by atoms with Crippen molar-refractivity contribution >= 4 is 13.8 Å². The second-order valence-electron chi connectivity index (χ2n) is 12.2. The first-order chi connectivity index (χ1) is 19.6. The van der Waals surface area contributed by atoms with Gasteiger partial charge >= 0.3 is 13.8 Å². The van der Waals surface area contributed by atoms with Crippen LogP contribution in [0.3, 0.4) is 0 Å². The van der Waals surface area contributed by atoms with E-state index < -0.39 is 13.9 Å². The van der Waals surface area contributed by atoms with E-state index >= 15 is 0 Å². The zero-order valence-corrected chi connectivity index (χ0v) is 28.2. The Kier molecular flexibility index (Phi) is 26.3. The van der Waals surface area contributed by atoms with Crippen LogP contribution in [-0.4, -0.2) is 75.6 Å². The van der Waals surface area contributed by atoms with Crippen molar-refractivity contribution in [3.63, 3.8) is 0 Å². The lowest BCUT2D eigenvalue weighted by molar-refractivity contribution is -0.870. The van der Waals surface area contributed by atoms with Gasteiger partial charge in [0.05, 0.1) is 34.4 Å². The van der Waals surface area contributed by atoms with Crippen LogP contribution in [0.2, 0.25) is 0 Å². The van der Waals surface area contributed by atoms with E-state index in [9.17, 15) is 14.3 Å². The average molecular weight is 607 g/mol. The predicted octanol–water partition coefficient (Wildman–Crippen LogP) is 8.37. The lowest BCUT2D eigenvalue weighted by atomic mass is 10.1. The van der Waals surface area contributed by atoms with Gasteiger partial charge in [-0.05, 0) is 38.5 Å². The van der Waals surface area contributed by atoms with E-state index in [-0.39, 0.29) is 25.8 Å². The molecule has 8 nitrogen and oxygen atoms in total. The molecule has 41 heavy (non-hydrogen) atoms. The summed E-state index contributed by atoms with van der Waals surface area (Å²) in [5.41, 5.74) is 0. The number of carbonyl (C=O) groups is 1. The maximum absolute atomic E-state index is 12.2. The number of carbonyl (C=O) groups excluding carboxylic acids is 1. The van der Waals surface area contributed by atoms with Crippen molar-refractivity contribution in [3.05, 3.63) is 12.2 Å². The van der Waals surface area contributed by atoms with Crippen molar-refractivity contribution in [3.8, 4) is 0 Å². The summed E-state index contributed by atoms with van der Waals surface area (Å²) in [5.74, 6) is -0.351. The third-order valence-electron chi connectivity index (χ3n) is 6.83. The summed E-state index contributed by atoms with van der Waals surface area (Å²) in [5, 5.41) is 0. The van der Waals surface area contributed by atoms with Gasteiger partial charge in [0.2, 0.25) is 0 Å². The number of allylic oxidation sites excluding steroid dienone is 2. The molecule has 0 spiro atoms. The molecule has 0 aromatic heterocycles. The maximum atomic E-state index is 12.2. The van der Waals surface area contributed by atoms with Gasteiger partial charge in [-0.25, -0.2) is 4.57 Å². The van der Waals surface area contributed by atoms with E-state index in [1.165, 1.54) is 83.5 Å². The zero-order chi connectivity index (χ0) is 30.7. The fourth-order valence-corrected chi connectivity index (χ4v) is 4.91. The molecule has 0 fully saturated rings. The summed E-state index contributed by atoms with van der Waals surface area (Å²) < 4.78 is 34.2. The van der Waals surface area contributed by atoms with Crippen LogP contribution in [0, 0.1) is 0 Å². The Labute approximate surface area is 252 Å². The Balaban J connectivity index is 3.99. The third-order valence-corrected chi connectivity index (χ3v) is 7.81. The Morgan fingerprint density at radius 2 is 1.27 bits per heavy atom. The molecule has 0 aliphatic heterocycles. The normalized spacial score (nSPS) is 14.4. The summed E-state index contributed by atoms with van der Waals surface area (Å²) in [6, 6.07) is 0. The van der Waals surface area contributed by atoms with Crippen LogP contribution in [0.15, 0.2) is 12.2 Å². The van der Waals surface area contributed by atoms with E-state index in [4.69, 9.17) is 18.5 Å². The second-order valence-corrected chi connectivity index (χ2v) is 13.6. The maximum Gasteiger partial charge on any atom is 0.472 e. The van der Waals surface area contributed by atoms with Crippen molar-refractivity contribution in [2.24, 2.45) is 0 Å². The van der Waals surface area contributed by atoms with Gasteiger partial charge in [-0.2, -0.15) is 0 Å². The second kappa shape index (κ2) is 26.8. The molecule has 0 saturated carbocycles. The molecule has 0 heterocycles. The molecule has 0 bridgehead atoms. The lowest BCUT2D eigenvalue weighted by Crippen LogP contribution is -2.37. The smallest absolute Gasteiger partial charge is 0.457 e. The van der Waals surface area contributed by atoms with E-state index in [2.05, 4.69) is 19.1 Å². The number of likely N-dealkylation sites (N-methyl/N-ethyl adjacent to an activating group) is 1. The SMILES string of the molecule is CCCCCCCCC/C=C\CCCCCCCCOCC(COP(=O)(O)OCC[N+](C)(C)C)OC(=O)CCCC. The van der Waals surface area contributed by atoms with Gasteiger partial charge in [-0.3, -0.25) is 13.8 Å². The minimum Gasteiger partial charge on any atom is -0.457 e. The van der Waals surface area contributed by atoms with Crippen molar-refractivity contribution in [1.29, 1.82) is 0 Å².